The summed E-state index contributed by atoms with van der Waals surface area (Å²) in [6.07, 6.45) is 17.8. The summed E-state index contributed by atoms with van der Waals surface area (Å²) < 4.78 is 6.63. The molecule has 38 heavy (non-hydrogen) atoms. The Morgan fingerprint density at radius 2 is 1.11 bits per heavy atom. The predicted octanol–water partition coefficient (Wildman–Crippen LogP) is 10.2. The molecule has 0 N–H and O–H groups in total. The van der Waals surface area contributed by atoms with Crippen molar-refractivity contribution in [3.63, 3.8) is 0 Å². The van der Waals surface area contributed by atoms with Crippen LogP contribution in [0.1, 0.15) is 63.5 Å². The van der Waals surface area contributed by atoms with Gasteiger partial charge in [0.05, 0.1) is 0 Å². The first kappa shape index (κ1) is 26.6. The van der Waals surface area contributed by atoms with E-state index < -0.39 is 10.0 Å². The van der Waals surface area contributed by atoms with Gasteiger partial charge in [-0.15, -0.1) is 0 Å². The van der Waals surface area contributed by atoms with Crippen LogP contribution in [0.25, 0.3) is 22.3 Å². The van der Waals surface area contributed by atoms with Crippen LogP contribution in [-0.2, 0) is 5.41 Å². The van der Waals surface area contributed by atoms with Gasteiger partial charge in [-0.05, 0) is 107 Å². The Bertz CT molecular complexity index is 1380. The second-order valence-electron chi connectivity index (χ2n) is 11.4. The molecule has 0 unspecified atom stereocenters. The highest BCUT2D eigenvalue weighted by molar-refractivity contribution is 8.32. The molecule has 2 heterocycles. The summed E-state index contributed by atoms with van der Waals surface area (Å²) in [6, 6.07) is 27.1. The minimum absolute atomic E-state index is 0.0660. The van der Waals surface area contributed by atoms with Gasteiger partial charge in [0.15, 0.2) is 0 Å². The fourth-order valence-electron chi connectivity index (χ4n) is 5.83. The minimum atomic E-state index is -0.740. The third kappa shape index (κ3) is 5.14. The molecule has 5 rings (SSSR count). The Morgan fingerprint density at radius 3 is 1.58 bits per heavy atom. The maximum Gasteiger partial charge on any atom is 0.131 e. The Labute approximate surface area is 230 Å². The number of hydrogen-bond acceptors (Lipinski definition) is 2. The fraction of sp³-hybridized carbons (Fsp3) is 0.343. The second kappa shape index (κ2) is 11.0. The standard InChI is InChI=1S/C35H41NOS/c1-6-8-20-35(21-9-7-2)31-24-28(26-10-14-30(15-11-26)38(3,4)5)12-16-33(31)37-34-17-13-29(25-32(34)35)27-18-22-36-23-19-27/h10-19,22-25H,6-9,20-21H2,1-5H3. The molecule has 0 bridgehead atoms. The van der Waals surface area contributed by atoms with Gasteiger partial charge < -0.3 is 4.74 Å². The second-order valence-corrected chi connectivity index (χ2v) is 15.6. The van der Waals surface area contributed by atoms with Gasteiger partial charge >= 0.3 is 0 Å². The van der Waals surface area contributed by atoms with Crippen molar-refractivity contribution < 1.29 is 4.74 Å². The van der Waals surface area contributed by atoms with Crippen molar-refractivity contribution in [2.75, 3.05) is 18.8 Å². The number of fused-ring (bicyclic) bond motifs is 2. The molecule has 1 aliphatic rings. The summed E-state index contributed by atoms with van der Waals surface area (Å²) >= 11 is 0. The van der Waals surface area contributed by atoms with Gasteiger partial charge in [0.2, 0.25) is 0 Å². The van der Waals surface area contributed by atoms with Crippen molar-refractivity contribution >= 4 is 10.0 Å². The first-order chi connectivity index (χ1) is 18.4. The third-order valence-electron chi connectivity index (χ3n) is 8.03. The highest BCUT2D eigenvalue weighted by Crippen LogP contribution is 2.55. The smallest absolute Gasteiger partial charge is 0.131 e. The number of hydrogen-bond donors (Lipinski definition) is 0. The molecule has 0 saturated carbocycles. The van der Waals surface area contributed by atoms with Crippen LogP contribution in [0.3, 0.4) is 0 Å². The molecule has 1 aliphatic heterocycles. The number of ether oxygens (including phenoxy) is 1. The zero-order valence-electron chi connectivity index (χ0n) is 23.6. The van der Waals surface area contributed by atoms with Crippen molar-refractivity contribution in [1.82, 2.24) is 4.98 Å². The molecular weight excluding hydrogens is 482 g/mol. The summed E-state index contributed by atoms with van der Waals surface area (Å²) in [7, 11) is -0.740. The molecule has 2 nitrogen and oxygen atoms in total. The van der Waals surface area contributed by atoms with Crippen molar-refractivity contribution in [3.8, 4) is 33.8 Å². The monoisotopic (exact) mass is 523 g/mol. The topological polar surface area (TPSA) is 22.1 Å². The lowest BCUT2D eigenvalue weighted by Crippen LogP contribution is -2.32. The van der Waals surface area contributed by atoms with Crippen LogP contribution in [0.5, 0.6) is 11.5 Å². The molecule has 0 aliphatic carbocycles. The lowest BCUT2D eigenvalue weighted by atomic mass is 9.65. The molecule has 0 amide bonds. The van der Waals surface area contributed by atoms with E-state index in [1.165, 1.54) is 64.0 Å². The number of pyridine rings is 1. The van der Waals surface area contributed by atoms with Crippen LogP contribution in [0.2, 0.25) is 0 Å². The highest BCUT2D eigenvalue weighted by atomic mass is 32.3. The van der Waals surface area contributed by atoms with E-state index in [9.17, 15) is 0 Å². The normalized spacial score (nSPS) is 14.3. The molecule has 0 saturated heterocycles. The molecule has 0 atom stereocenters. The molecule has 198 valence electrons. The van der Waals surface area contributed by atoms with E-state index in [2.05, 4.69) is 110 Å². The third-order valence-corrected chi connectivity index (χ3v) is 9.72. The van der Waals surface area contributed by atoms with Crippen LogP contribution < -0.4 is 4.74 Å². The first-order valence-corrected chi connectivity index (χ1v) is 16.9. The Hall–Kier alpha value is -3.04. The summed E-state index contributed by atoms with van der Waals surface area (Å²) in [5.41, 5.74) is 7.59. The molecule has 0 radical (unpaired) electrons. The van der Waals surface area contributed by atoms with Crippen LogP contribution >= 0.6 is 10.0 Å². The molecule has 3 heteroatoms. The fourth-order valence-corrected chi connectivity index (χ4v) is 6.78. The molecule has 3 aromatic carbocycles. The SMILES string of the molecule is CCCCC1(CCCC)c2cc(-c3ccncc3)ccc2Oc2ccc(-c3ccc(S(C)(C)C)cc3)cc21. The van der Waals surface area contributed by atoms with Gasteiger partial charge in [-0.2, -0.15) is 0 Å². The number of unbranched alkanes of at least 4 members (excludes halogenated alkanes) is 2. The zero-order valence-corrected chi connectivity index (χ0v) is 24.4. The van der Waals surface area contributed by atoms with Gasteiger partial charge in [0.25, 0.3) is 0 Å². The molecule has 0 fully saturated rings. The van der Waals surface area contributed by atoms with Crippen LogP contribution in [-0.4, -0.2) is 23.8 Å². The van der Waals surface area contributed by atoms with Gasteiger partial charge in [-0.3, -0.25) is 4.98 Å². The predicted molar refractivity (Wildman–Crippen MR) is 165 cm³/mol. The number of nitrogens with zero attached hydrogens (tertiary/aromatic N) is 1. The average molecular weight is 524 g/mol. The quantitative estimate of drug-likeness (QED) is 0.218. The van der Waals surface area contributed by atoms with Crippen LogP contribution in [0, 0.1) is 0 Å². The molecule has 0 spiro atoms. The van der Waals surface area contributed by atoms with Crippen molar-refractivity contribution in [2.24, 2.45) is 0 Å². The van der Waals surface area contributed by atoms with Gasteiger partial charge in [0.1, 0.15) is 11.5 Å². The average Bonchev–Trinajstić information content (AvgIpc) is 2.94. The number of benzene rings is 3. The van der Waals surface area contributed by atoms with Crippen LogP contribution in [0.15, 0.2) is 90.1 Å². The maximum absolute atomic E-state index is 6.63. The molecule has 1 aromatic heterocycles. The summed E-state index contributed by atoms with van der Waals surface area (Å²) in [5, 5.41) is 0. The first-order valence-electron chi connectivity index (χ1n) is 14.0. The van der Waals surface area contributed by atoms with Gasteiger partial charge in [0, 0.05) is 28.9 Å². The van der Waals surface area contributed by atoms with E-state index in [0.717, 1.165) is 24.3 Å². The minimum Gasteiger partial charge on any atom is -0.457 e. The summed E-state index contributed by atoms with van der Waals surface area (Å²) in [5.74, 6) is 2.02. The van der Waals surface area contributed by atoms with Crippen LogP contribution in [0.4, 0.5) is 0 Å². The molecular formula is C35H41NOS. The maximum atomic E-state index is 6.63. The van der Waals surface area contributed by atoms with E-state index in [4.69, 9.17) is 4.74 Å². The van der Waals surface area contributed by atoms with E-state index in [-0.39, 0.29) is 5.41 Å². The van der Waals surface area contributed by atoms with E-state index in [1.54, 1.807) is 0 Å². The highest BCUT2D eigenvalue weighted by Gasteiger charge is 2.41. The number of aromatic nitrogens is 1. The zero-order chi connectivity index (χ0) is 26.8. The largest absolute Gasteiger partial charge is 0.457 e. The molecule has 4 aromatic rings. The van der Waals surface area contributed by atoms with E-state index >= 15 is 0 Å². The van der Waals surface area contributed by atoms with Crippen molar-refractivity contribution in [1.29, 1.82) is 0 Å². The summed E-state index contributed by atoms with van der Waals surface area (Å²) in [6.45, 7) is 4.61. The Morgan fingerprint density at radius 1 is 0.632 bits per heavy atom. The lowest BCUT2D eigenvalue weighted by Gasteiger charge is -2.41. The van der Waals surface area contributed by atoms with Gasteiger partial charge in [-0.25, -0.2) is 10.0 Å². The Balaban J connectivity index is 1.66. The van der Waals surface area contributed by atoms with Crippen molar-refractivity contribution in [3.05, 3.63) is 96.3 Å². The van der Waals surface area contributed by atoms with Gasteiger partial charge in [-0.1, -0.05) is 63.8 Å². The summed E-state index contributed by atoms with van der Waals surface area (Å²) in [4.78, 5) is 5.68. The van der Waals surface area contributed by atoms with E-state index in [0.29, 0.717) is 0 Å². The Kier molecular flexibility index (Phi) is 7.68. The van der Waals surface area contributed by atoms with Crippen molar-refractivity contribution in [2.45, 2.75) is 62.7 Å². The number of rotatable bonds is 9. The van der Waals surface area contributed by atoms with E-state index in [1.807, 2.05) is 12.4 Å². The lowest BCUT2D eigenvalue weighted by molar-refractivity contribution is 0.343.